The van der Waals surface area contributed by atoms with Gasteiger partial charge in [0.2, 0.25) is 10.7 Å². The van der Waals surface area contributed by atoms with Crippen LogP contribution in [0.25, 0.3) is 31.8 Å². The maximum Gasteiger partial charge on any atom is 0.232 e. The van der Waals surface area contributed by atoms with Crippen molar-refractivity contribution in [2.24, 2.45) is 4.99 Å². The van der Waals surface area contributed by atoms with Crippen molar-refractivity contribution in [3.05, 3.63) is 65.7 Å². The molecule has 0 saturated carbocycles. The summed E-state index contributed by atoms with van der Waals surface area (Å²) in [7, 11) is 0. The van der Waals surface area contributed by atoms with Crippen molar-refractivity contribution in [2.45, 2.75) is 0 Å². The van der Waals surface area contributed by atoms with Gasteiger partial charge in [0.25, 0.3) is 0 Å². The lowest BCUT2D eigenvalue weighted by molar-refractivity contribution is 0.472. The molecule has 0 amide bonds. The zero-order chi connectivity index (χ0) is 17.5. The Balaban J connectivity index is 1.83. The highest BCUT2D eigenvalue weighted by Gasteiger charge is 2.12. The van der Waals surface area contributed by atoms with Crippen molar-refractivity contribution in [2.75, 3.05) is 0 Å². The van der Waals surface area contributed by atoms with Crippen molar-refractivity contribution in [3.63, 3.8) is 0 Å². The zero-order valence-corrected chi connectivity index (χ0v) is 14.9. The molecule has 0 bridgehead atoms. The van der Waals surface area contributed by atoms with Crippen LogP contribution in [0, 0.1) is 0 Å². The minimum Gasteiger partial charge on any atom is -0.508 e. The first kappa shape index (κ1) is 15.2. The maximum atomic E-state index is 9.75. The lowest BCUT2D eigenvalue weighted by Gasteiger charge is -2.02. The Morgan fingerprint density at radius 1 is 1.08 bits per heavy atom. The second-order valence-corrected chi connectivity index (χ2v) is 7.50. The second kappa shape index (κ2) is 6.05. The fourth-order valence-electron chi connectivity index (χ4n) is 2.69. The van der Waals surface area contributed by atoms with E-state index in [1.54, 1.807) is 29.7 Å². The topological polar surface area (TPSA) is 71.5 Å². The van der Waals surface area contributed by atoms with Crippen LogP contribution in [0.3, 0.4) is 0 Å². The highest BCUT2D eigenvalue weighted by Crippen LogP contribution is 2.31. The lowest BCUT2D eigenvalue weighted by Crippen LogP contribution is -2.05. The van der Waals surface area contributed by atoms with E-state index in [1.807, 2.05) is 41.8 Å². The first-order chi connectivity index (χ1) is 12.8. The van der Waals surface area contributed by atoms with E-state index in [2.05, 4.69) is 9.98 Å². The van der Waals surface area contributed by atoms with Gasteiger partial charge in [0.05, 0.1) is 15.8 Å². The summed E-state index contributed by atoms with van der Waals surface area (Å²) in [5.41, 5.74) is 2.74. The highest BCUT2D eigenvalue weighted by atomic mass is 32.1. The second-order valence-electron chi connectivity index (χ2n) is 5.60. The molecule has 1 N–H and O–H groups in total. The summed E-state index contributed by atoms with van der Waals surface area (Å²) >= 11 is 3.02. The molecule has 0 fully saturated rings. The van der Waals surface area contributed by atoms with Gasteiger partial charge >= 0.3 is 0 Å². The fraction of sp³-hybridized carbons (Fsp3) is 0. The minimum absolute atomic E-state index is 0.147. The standard InChI is InChI=1S/C19H11N3O2S2/c23-12-6-5-11-9-13(18-21-14-3-1-2-4-16(14)26-18)17(24-15(11)10-12)22-19-20-7-8-25-19/h1-10,23H. The van der Waals surface area contributed by atoms with Crippen LogP contribution in [0.5, 0.6) is 5.75 Å². The van der Waals surface area contributed by atoms with Gasteiger partial charge < -0.3 is 9.52 Å². The van der Waals surface area contributed by atoms with Crippen LogP contribution in [0.4, 0.5) is 5.13 Å². The summed E-state index contributed by atoms with van der Waals surface area (Å²) in [6.45, 7) is 0. The van der Waals surface area contributed by atoms with E-state index in [0.29, 0.717) is 16.3 Å². The molecule has 2 aromatic carbocycles. The van der Waals surface area contributed by atoms with E-state index < -0.39 is 0 Å². The molecule has 7 heteroatoms. The highest BCUT2D eigenvalue weighted by molar-refractivity contribution is 7.21. The summed E-state index contributed by atoms with van der Waals surface area (Å²) in [5, 5.41) is 13.9. The molecule has 126 valence electrons. The Hall–Kier alpha value is -3.03. The van der Waals surface area contributed by atoms with E-state index in [-0.39, 0.29) is 5.75 Å². The molecule has 5 rings (SSSR count). The van der Waals surface area contributed by atoms with Crippen molar-refractivity contribution in [1.29, 1.82) is 0 Å². The van der Waals surface area contributed by atoms with E-state index >= 15 is 0 Å². The molecular formula is C19H11N3O2S2. The average molecular weight is 377 g/mol. The third-order valence-corrected chi connectivity index (χ3v) is 5.61. The predicted octanol–water partition coefficient (Wildman–Crippen LogP) is 5.10. The number of hydrogen-bond acceptors (Lipinski definition) is 7. The zero-order valence-electron chi connectivity index (χ0n) is 13.3. The number of phenolic OH excluding ortho intramolecular Hbond substituents is 1. The molecule has 0 atom stereocenters. The molecule has 0 spiro atoms. The first-order valence-corrected chi connectivity index (χ1v) is 9.53. The van der Waals surface area contributed by atoms with Gasteiger partial charge in [0.15, 0.2) is 0 Å². The van der Waals surface area contributed by atoms with E-state index in [4.69, 9.17) is 9.40 Å². The van der Waals surface area contributed by atoms with Crippen LogP contribution in [0.1, 0.15) is 0 Å². The number of nitrogens with zero attached hydrogens (tertiary/aromatic N) is 3. The fourth-order valence-corrected chi connectivity index (χ4v) is 4.16. The van der Waals surface area contributed by atoms with Gasteiger partial charge in [-0.15, -0.1) is 22.7 Å². The number of thiazole rings is 2. The van der Waals surface area contributed by atoms with Gasteiger partial charge in [-0.05, 0) is 30.3 Å². The van der Waals surface area contributed by atoms with E-state index in [0.717, 1.165) is 26.2 Å². The number of para-hydroxylation sites is 1. The summed E-state index contributed by atoms with van der Waals surface area (Å²) in [4.78, 5) is 13.5. The lowest BCUT2D eigenvalue weighted by atomic mass is 10.2. The van der Waals surface area contributed by atoms with Gasteiger partial charge in [-0.1, -0.05) is 12.1 Å². The van der Waals surface area contributed by atoms with Crippen LogP contribution in [-0.4, -0.2) is 15.1 Å². The Morgan fingerprint density at radius 2 is 2.00 bits per heavy atom. The van der Waals surface area contributed by atoms with Gasteiger partial charge in [0.1, 0.15) is 16.3 Å². The summed E-state index contributed by atoms with van der Waals surface area (Å²) in [6.07, 6.45) is 1.70. The Morgan fingerprint density at radius 3 is 2.85 bits per heavy atom. The number of aromatic nitrogens is 2. The van der Waals surface area contributed by atoms with Crippen LogP contribution >= 0.6 is 22.7 Å². The summed E-state index contributed by atoms with van der Waals surface area (Å²) < 4.78 is 7.11. The quantitative estimate of drug-likeness (QED) is 0.464. The number of phenols is 1. The molecule has 0 aliphatic carbocycles. The SMILES string of the molecule is Oc1ccc2cc(-c3nc4ccccc4s3)c(=Nc3nccs3)oc2c1. The van der Waals surface area contributed by atoms with Crippen LogP contribution < -0.4 is 5.55 Å². The van der Waals surface area contributed by atoms with Gasteiger partial charge in [-0.25, -0.2) is 9.97 Å². The molecule has 5 nitrogen and oxygen atoms in total. The third-order valence-electron chi connectivity index (χ3n) is 3.87. The normalized spacial score (nSPS) is 12.2. The van der Waals surface area contributed by atoms with Gasteiger partial charge in [0, 0.05) is 23.0 Å². The molecule has 5 aromatic rings. The molecule has 0 aliphatic heterocycles. The van der Waals surface area contributed by atoms with Crippen molar-refractivity contribution in [3.8, 4) is 16.3 Å². The molecule has 26 heavy (non-hydrogen) atoms. The Labute approximate surface area is 155 Å². The van der Waals surface area contributed by atoms with Crippen LogP contribution in [0.15, 0.2) is 69.5 Å². The van der Waals surface area contributed by atoms with Crippen LogP contribution in [0.2, 0.25) is 0 Å². The molecular weight excluding hydrogens is 366 g/mol. The van der Waals surface area contributed by atoms with Crippen molar-refractivity contribution in [1.82, 2.24) is 9.97 Å². The molecule has 0 unspecified atom stereocenters. The average Bonchev–Trinajstić information content (AvgIpc) is 3.30. The number of aromatic hydroxyl groups is 1. The predicted molar refractivity (Wildman–Crippen MR) is 104 cm³/mol. The van der Waals surface area contributed by atoms with E-state index in [9.17, 15) is 5.11 Å². The smallest absolute Gasteiger partial charge is 0.232 e. The number of benzene rings is 2. The molecule has 0 saturated heterocycles. The molecule has 0 aliphatic rings. The minimum atomic E-state index is 0.147. The third kappa shape index (κ3) is 2.67. The first-order valence-electron chi connectivity index (χ1n) is 7.83. The largest absolute Gasteiger partial charge is 0.508 e. The number of fused-ring (bicyclic) bond motifs is 2. The summed E-state index contributed by atoms with van der Waals surface area (Å²) in [5.74, 6) is 0.147. The Bertz CT molecular complexity index is 1270. The number of hydrogen-bond donors (Lipinski definition) is 1. The molecule has 3 aromatic heterocycles. The monoisotopic (exact) mass is 377 g/mol. The van der Waals surface area contributed by atoms with Gasteiger partial charge in [-0.3, -0.25) is 0 Å². The number of rotatable bonds is 2. The molecule has 3 heterocycles. The maximum absolute atomic E-state index is 9.75. The summed E-state index contributed by atoms with van der Waals surface area (Å²) in [6, 6.07) is 15.0. The Kier molecular flexibility index (Phi) is 3.55. The molecule has 0 radical (unpaired) electrons. The van der Waals surface area contributed by atoms with Crippen LogP contribution in [-0.2, 0) is 0 Å². The van der Waals surface area contributed by atoms with Crippen molar-refractivity contribution < 1.29 is 9.52 Å². The van der Waals surface area contributed by atoms with Gasteiger partial charge in [-0.2, -0.15) is 4.99 Å². The van der Waals surface area contributed by atoms with E-state index in [1.165, 1.54) is 11.3 Å². The van der Waals surface area contributed by atoms with Crippen molar-refractivity contribution >= 4 is 49.0 Å².